The van der Waals surface area contributed by atoms with Gasteiger partial charge in [0.2, 0.25) is 10.0 Å². The molecule has 0 fully saturated rings. The van der Waals surface area contributed by atoms with Crippen LogP contribution in [0.15, 0.2) is 65.6 Å². The minimum Gasteiger partial charge on any atom is -0.211 e. The topological polar surface area (TPSA) is 46.2 Å². The third-order valence-corrected chi connectivity index (χ3v) is 4.88. The minimum absolute atomic E-state index is 0.288. The van der Waals surface area contributed by atoms with Crippen LogP contribution in [0, 0.1) is 25.7 Å². The summed E-state index contributed by atoms with van der Waals surface area (Å²) in [5, 5.41) is 0. The van der Waals surface area contributed by atoms with Crippen molar-refractivity contribution in [2.75, 3.05) is 6.54 Å². The Kier molecular flexibility index (Phi) is 6.36. The summed E-state index contributed by atoms with van der Waals surface area (Å²) < 4.78 is 26.7. The molecule has 24 heavy (non-hydrogen) atoms. The van der Waals surface area contributed by atoms with E-state index in [9.17, 15) is 8.42 Å². The smallest absolute Gasteiger partial charge is 0.211 e. The molecule has 0 unspecified atom stereocenters. The predicted octanol–water partition coefficient (Wildman–Crippen LogP) is 3.58. The molecule has 0 atom stereocenters. The summed E-state index contributed by atoms with van der Waals surface area (Å²) >= 11 is 0. The van der Waals surface area contributed by atoms with Crippen LogP contribution >= 0.6 is 0 Å². The van der Waals surface area contributed by atoms with Crippen molar-refractivity contribution in [2.24, 2.45) is 0 Å². The molecule has 0 bridgehead atoms. The van der Waals surface area contributed by atoms with Crippen LogP contribution in [-0.2, 0) is 10.0 Å². The van der Waals surface area contributed by atoms with Crippen LogP contribution in [0.25, 0.3) is 0 Å². The highest BCUT2D eigenvalue weighted by atomic mass is 32.2. The molecule has 1 N–H and O–H groups in total. The van der Waals surface area contributed by atoms with E-state index in [1.54, 1.807) is 30.3 Å². The van der Waals surface area contributed by atoms with Gasteiger partial charge in [0, 0.05) is 12.1 Å². The fourth-order valence-corrected chi connectivity index (χ4v) is 3.03. The van der Waals surface area contributed by atoms with E-state index in [0.29, 0.717) is 13.0 Å². The van der Waals surface area contributed by atoms with Gasteiger partial charge in [-0.05, 0) is 50.6 Å². The van der Waals surface area contributed by atoms with Crippen LogP contribution in [0.1, 0.15) is 23.1 Å². The lowest BCUT2D eigenvalue weighted by molar-refractivity contribution is 0.582. The second-order valence-electron chi connectivity index (χ2n) is 5.54. The van der Waals surface area contributed by atoms with E-state index in [1.165, 1.54) is 5.56 Å². The van der Waals surface area contributed by atoms with E-state index < -0.39 is 10.0 Å². The number of rotatable bonds is 5. The lowest BCUT2D eigenvalue weighted by Crippen LogP contribution is -2.24. The first kappa shape index (κ1) is 18.0. The SMILES string of the molecule is Cc1ccc(C#C/C=C/CCNS(=O)(=O)c2ccc(C)cc2)cc1. The number of hydrogen-bond acceptors (Lipinski definition) is 2. The van der Waals surface area contributed by atoms with Crippen LogP contribution < -0.4 is 4.72 Å². The first-order chi connectivity index (χ1) is 11.5. The summed E-state index contributed by atoms with van der Waals surface area (Å²) in [5.74, 6) is 5.98. The Balaban J connectivity index is 1.80. The minimum atomic E-state index is -3.44. The van der Waals surface area contributed by atoms with E-state index in [4.69, 9.17) is 0 Å². The van der Waals surface area contributed by atoms with Gasteiger partial charge in [0.05, 0.1) is 4.90 Å². The average molecular weight is 339 g/mol. The Hall–Kier alpha value is -2.35. The fraction of sp³-hybridized carbons (Fsp3) is 0.200. The molecule has 0 saturated carbocycles. The molecule has 0 radical (unpaired) electrons. The van der Waals surface area contributed by atoms with Crippen molar-refractivity contribution >= 4 is 10.0 Å². The molecule has 2 aromatic rings. The Bertz CT molecular complexity index is 853. The van der Waals surface area contributed by atoms with Crippen LogP contribution in [0.4, 0.5) is 0 Å². The maximum absolute atomic E-state index is 12.1. The number of sulfonamides is 1. The molecular formula is C20H21NO2S. The van der Waals surface area contributed by atoms with Crippen molar-refractivity contribution < 1.29 is 8.42 Å². The molecule has 4 heteroatoms. The zero-order chi connectivity index (χ0) is 17.4. The molecule has 0 spiro atoms. The van der Waals surface area contributed by atoms with E-state index in [2.05, 4.69) is 16.6 Å². The first-order valence-corrected chi connectivity index (χ1v) is 9.25. The molecule has 124 valence electrons. The largest absolute Gasteiger partial charge is 0.240 e. The highest BCUT2D eigenvalue weighted by Crippen LogP contribution is 2.09. The van der Waals surface area contributed by atoms with Gasteiger partial charge in [0.15, 0.2) is 0 Å². The molecule has 0 aromatic heterocycles. The second-order valence-corrected chi connectivity index (χ2v) is 7.30. The lowest BCUT2D eigenvalue weighted by atomic mass is 10.1. The van der Waals surface area contributed by atoms with E-state index in [-0.39, 0.29) is 4.90 Å². The Labute approximate surface area is 144 Å². The molecule has 0 aliphatic heterocycles. The lowest BCUT2D eigenvalue weighted by Gasteiger charge is -2.05. The maximum atomic E-state index is 12.1. The van der Waals surface area contributed by atoms with Crippen molar-refractivity contribution in [3.8, 4) is 11.8 Å². The maximum Gasteiger partial charge on any atom is 0.240 e. The van der Waals surface area contributed by atoms with Gasteiger partial charge in [0.25, 0.3) is 0 Å². The fourth-order valence-electron chi connectivity index (χ4n) is 1.98. The van der Waals surface area contributed by atoms with Crippen molar-refractivity contribution in [3.05, 3.63) is 77.4 Å². The van der Waals surface area contributed by atoms with Crippen molar-refractivity contribution in [1.29, 1.82) is 0 Å². The van der Waals surface area contributed by atoms with Crippen LogP contribution in [0.3, 0.4) is 0 Å². The summed E-state index contributed by atoms with van der Waals surface area (Å²) in [6, 6.07) is 14.8. The summed E-state index contributed by atoms with van der Waals surface area (Å²) in [7, 11) is -3.44. The first-order valence-electron chi connectivity index (χ1n) is 7.77. The monoisotopic (exact) mass is 339 g/mol. The molecule has 0 aliphatic carbocycles. The van der Waals surface area contributed by atoms with Crippen LogP contribution in [-0.4, -0.2) is 15.0 Å². The highest BCUT2D eigenvalue weighted by molar-refractivity contribution is 7.89. The molecule has 0 saturated heterocycles. The van der Waals surface area contributed by atoms with E-state index >= 15 is 0 Å². The van der Waals surface area contributed by atoms with Gasteiger partial charge in [-0.15, -0.1) is 0 Å². The number of nitrogens with one attached hydrogen (secondary N) is 1. The van der Waals surface area contributed by atoms with Gasteiger partial charge in [-0.25, -0.2) is 13.1 Å². The number of benzene rings is 2. The summed E-state index contributed by atoms with van der Waals surface area (Å²) in [4.78, 5) is 0.288. The van der Waals surface area contributed by atoms with Crippen molar-refractivity contribution in [1.82, 2.24) is 4.72 Å². The van der Waals surface area contributed by atoms with Crippen molar-refractivity contribution in [2.45, 2.75) is 25.2 Å². The molecule has 3 nitrogen and oxygen atoms in total. The molecular weight excluding hydrogens is 318 g/mol. The van der Waals surface area contributed by atoms with Gasteiger partial charge < -0.3 is 0 Å². The Morgan fingerprint density at radius 3 is 2.17 bits per heavy atom. The molecule has 2 aromatic carbocycles. The molecule has 0 heterocycles. The van der Waals surface area contributed by atoms with Crippen LogP contribution in [0.2, 0.25) is 0 Å². The van der Waals surface area contributed by atoms with Crippen LogP contribution in [0.5, 0.6) is 0 Å². The second kappa shape index (κ2) is 8.49. The Morgan fingerprint density at radius 2 is 1.54 bits per heavy atom. The standard InChI is InChI=1S/C20H21NO2S/c1-17-8-12-19(13-9-17)7-5-3-4-6-16-21-24(22,23)20-14-10-18(2)11-15-20/h3-4,8-15,21H,6,16H2,1-2H3/b4-3+. The number of hydrogen-bond donors (Lipinski definition) is 1. The summed E-state index contributed by atoms with van der Waals surface area (Å²) in [5.41, 5.74) is 3.20. The van der Waals surface area contributed by atoms with E-state index in [0.717, 1.165) is 11.1 Å². The zero-order valence-corrected chi connectivity index (χ0v) is 14.7. The van der Waals surface area contributed by atoms with E-state index in [1.807, 2.05) is 44.2 Å². The third-order valence-electron chi connectivity index (χ3n) is 3.40. The van der Waals surface area contributed by atoms with Gasteiger partial charge in [-0.3, -0.25) is 0 Å². The van der Waals surface area contributed by atoms with Gasteiger partial charge in [-0.2, -0.15) is 0 Å². The van der Waals surface area contributed by atoms with Gasteiger partial charge >= 0.3 is 0 Å². The molecule has 2 rings (SSSR count). The van der Waals surface area contributed by atoms with Gasteiger partial charge in [-0.1, -0.05) is 53.3 Å². The zero-order valence-electron chi connectivity index (χ0n) is 13.9. The molecule has 0 amide bonds. The highest BCUT2D eigenvalue weighted by Gasteiger charge is 2.11. The Morgan fingerprint density at radius 1 is 0.958 bits per heavy atom. The quantitative estimate of drug-likeness (QED) is 0.668. The average Bonchev–Trinajstić information content (AvgIpc) is 2.56. The summed E-state index contributed by atoms with van der Waals surface area (Å²) in [6.45, 7) is 4.31. The molecule has 0 aliphatic rings. The normalized spacial score (nSPS) is 11.2. The number of allylic oxidation sites excluding steroid dienone is 1. The van der Waals surface area contributed by atoms with Gasteiger partial charge in [0.1, 0.15) is 0 Å². The summed E-state index contributed by atoms with van der Waals surface area (Å²) in [6.07, 6.45) is 4.20. The number of aryl methyl sites for hydroxylation is 2. The predicted molar refractivity (Wildman–Crippen MR) is 98.2 cm³/mol. The third kappa shape index (κ3) is 5.69. The van der Waals surface area contributed by atoms with Crippen molar-refractivity contribution in [3.63, 3.8) is 0 Å².